The molecule has 0 heterocycles. The first-order chi connectivity index (χ1) is 9.13. The van der Waals surface area contributed by atoms with Gasteiger partial charge in [-0.25, -0.2) is 8.42 Å². The summed E-state index contributed by atoms with van der Waals surface area (Å²) in [6.45, 7) is 0. The summed E-state index contributed by atoms with van der Waals surface area (Å²) in [6.07, 6.45) is 8.70. The van der Waals surface area contributed by atoms with Gasteiger partial charge in [0, 0.05) is 0 Å². The summed E-state index contributed by atoms with van der Waals surface area (Å²) in [5.41, 5.74) is 1.62. The maximum Gasteiger partial charge on any atom is 0.236 e. The molecule has 1 atom stereocenters. The van der Waals surface area contributed by atoms with Crippen LogP contribution in [0.3, 0.4) is 0 Å². The molecule has 0 bridgehead atoms. The van der Waals surface area contributed by atoms with Crippen molar-refractivity contribution in [3.63, 3.8) is 0 Å². The first kappa shape index (κ1) is 14.0. The normalized spacial score (nSPS) is 20.9. The van der Waals surface area contributed by atoms with Crippen molar-refractivity contribution in [2.45, 2.75) is 5.25 Å². The summed E-state index contributed by atoms with van der Waals surface area (Å²) < 4.78 is 24.0. The smallest absolute Gasteiger partial charge is 0.210 e. The van der Waals surface area contributed by atoms with Gasteiger partial charge in [-0.15, -0.1) is 4.83 Å². The van der Waals surface area contributed by atoms with Crippen molar-refractivity contribution in [3.05, 3.63) is 65.8 Å². The molecule has 0 spiro atoms. The fraction of sp³-hybridized carbons (Fsp3) is 0.0769. The highest BCUT2D eigenvalue weighted by Crippen LogP contribution is 2.21. The van der Waals surface area contributed by atoms with E-state index in [9.17, 15) is 8.42 Å². The fourth-order valence-corrected chi connectivity index (χ4v) is 3.17. The topological polar surface area (TPSA) is 58.2 Å². The predicted octanol–water partition coefficient (Wildman–Crippen LogP) is 2.14. The predicted molar refractivity (Wildman–Crippen MR) is 77.5 cm³/mol. The molecule has 2 rings (SSSR count). The Morgan fingerprint density at radius 1 is 1.16 bits per heavy atom. The SMILES string of the molecule is O=S(=O)(NNCl)C1C=CC=C/C1=C\c1ccccc1. The highest BCUT2D eigenvalue weighted by molar-refractivity contribution is 7.90. The van der Waals surface area contributed by atoms with Crippen molar-refractivity contribution in [1.82, 2.24) is 9.78 Å². The van der Waals surface area contributed by atoms with Gasteiger partial charge in [-0.3, -0.25) is 0 Å². The van der Waals surface area contributed by atoms with Crippen LogP contribution >= 0.6 is 11.8 Å². The fourth-order valence-electron chi connectivity index (χ4n) is 1.81. The molecule has 0 aromatic heterocycles. The number of benzene rings is 1. The quantitative estimate of drug-likeness (QED) is 0.661. The Bertz CT molecular complexity index is 621. The zero-order chi connectivity index (χ0) is 13.7. The van der Waals surface area contributed by atoms with E-state index >= 15 is 0 Å². The largest absolute Gasteiger partial charge is 0.236 e. The molecule has 0 saturated heterocycles. The number of rotatable bonds is 4. The maximum absolute atomic E-state index is 12.0. The van der Waals surface area contributed by atoms with Gasteiger partial charge < -0.3 is 0 Å². The van der Waals surface area contributed by atoms with Crippen LogP contribution in [-0.4, -0.2) is 13.7 Å². The summed E-state index contributed by atoms with van der Waals surface area (Å²) in [7, 11) is -3.60. The Kier molecular flexibility index (Phi) is 4.55. The average molecular weight is 297 g/mol. The molecular formula is C13H13ClN2O2S. The van der Waals surface area contributed by atoms with Gasteiger partial charge >= 0.3 is 0 Å². The Balaban J connectivity index is 2.36. The molecule has 0 saturated carbocycles. The van der Waals surface area contributed by atoms with Crippen molar-refractivity contribution in [2.75, 3.05) is 0 Å². The first-order valence-electron chi connectivity index (χ1n) is 5.61. The van der Waals surface area contributed by atoms with Gasteiger partial charge in [0.25, 0.3) is 0 Å². The van der Waals surface area contributed by atoms with Crippen LogP contribution in [0.15, 0.2) is 60.2 Å². The van der Waals surface area contributed by atoms with Crippen molar-refractivity contribution in [3.8, 4) is 0 Å². The van der Waals surface area contributed by atoms with Gasteiger partial charge in [0.2, 0.25) is 10.0 Å². The molecule has 100 valence electrons. The van der Waals surface area contributed by atoms with E-state index in [2.05, 4.69) is 4.83 Å². The summed E-state index contributed by atoms with van der Waals surface area (Å²) in [6, 6.07) is 9.53. The molecular weight excluding hydrogens is 284 g/mol. The lowest BCUT2D eigenvalue weighted by Gasteiger charge is -2.17. The third kappa shape index (κ3) is 3.54. The number of hydrogen-bond donors (Lipinski definition) is 2. The molecule has 6 heteroatoms. The highest BCUT2D eigenvalue weighted by Gasteiger charge is 2.26. The van der Waals surface area contributed by atoms with E-state index in [1.807, 2.05) is 41.4 Å². The molecule has 1 aromatic carbocycles. The van der Waals surface area contributed by atoms with E-state index < -0.39 is 15.3 Å². The van der Waals surface area contributed by atoms with Gasteiger partial charge in [-0.05, 0) is 22.9 Å². The lowest BCUT2D eigenvalue weighted by molar-refractivity contribution is 0.576. The van der Waals surface area contributed by atoms with Gasteiger partial charge in [0.1, 0.15) is 5.25 Å². The van der Waals surface area contributed by atoms with Crippen molar-refractivity contribution in [1.29, 1.82) is 0 Å². The van der Waals surface area contributed by atoms with Gasteiger partial charge in [-0.2, -0.15) is 4.94 Å². The highest BCUT2D eigenvalue weighted by atomic mass is 35.5. The number of allylic oxidation sites excluding steroid dienone is 3. The van der Waals surface area contributed by atoms with E-state index in [0.717, 1.165) is 5.56 Å². The third-order valence-electron chi connectivity index (χ3n) is 2.66. The van der Waals surface area contributed by atoms with Crippen LogP contribution < -0.4 is 9.78 Å². The average Bonchev–Trinajstić information content (AvgIpc) is 2.40. The van der Waals surface area contributed by atoms with Crippen LogP contribution in [0.1, 0.15) is 5.56 Å². The van der Waals surface area contributed by atoms with Crippen LogP contribution in [0.4, 0.5) is 0 Å². The zero-order valence-electron chi connectivity index (χ0n) is 9.95. The van der Waals surface area contributed by atoms with Crippen LogP contribution in [0.2, 0.25) is 0 Å². The minimum atomic E-state index is -3.60. The van der Waals surface area contributed by atoms with E-state index in [1.165, 1.54) is 0 Å². The Labute approximate surface area is 117 Å². The minimum absolute atomic E-state index is 0.674. The molecule has 0 radical (unpaired) electrons. The van der Waals surface area contributed by atoms with E-state index in [4.69, 9.17) is 11.8 Å². The van der Waals surface area contributed by atoms with Gasteiger partial charge in [0.05, 0.1) is 0 Å². The summed E-state index contributed by atoms with van der Waals surface area (Å²) >= 11 is 5.21. The molecule has 1 aromatic rings. The molecule has 1 aliphatic carbocycles. The summed E-state index contributed by atoms with van der Waals surface area (Å²) in [5, 5.41) is -0.774. The van der Waals surface area contributed by atoms with Crippen LogP contribution in [0, 0.1) is 0 Å². The Morgan fingerprint density at radius 2 is 1.89 bits per heavy atom. The van der Waals surface area contributed by atoms with Crippen LogP contribution in [0.5, 0.6) is 0 Å². The molecule has 0 aliphatic heterocycles. The number of sulfonamides is 1. The van der Waals surface area contributed by atoms with E-state index in [0.29, 0.717) is 5.57 Å². The Morgan fingerprint density at radius 3 is 2.58 bits per heavy atom. The molecule has 0 amide bonds. The second kappa shape index (κ2) is 6.16. The molecule has 4 nitrogen and oxygen atoms in total. The summed E-state index contributed by atoms with van der Waals surface area (Å²) in [5.74, 6) is 0. The maximum atomic E-state index is 12.0. The summed E-state index contributed by atoms with van der Waals surface area (Å²) in [4.78, 5) is 4.01. The van der Waals surface area contributed by atoms with Gasteiger partial charge in [0.15, 0.2) is 0 Å². The number of halogens is 1. The second-order valence-electron chi connectivity index (χ2n) is 3.96. The zero-order valence-corrected chi connectivity index (χ0v) is 11.5. The number of hydrogen-bond acceptors (Lipinski definition) is 3. The third-order valence-corrected chi connectivity index (χ3v) is 4.35. The second-order valence-corrected chi connectivity index (χ2v) is 5.95. The van der Waals surface area contributed by atoms with E-state index in [1.54, 1.807) is 24.3 Å². The molecule has 1 aliphatic rings. The van der Waals surface area contributed by atoms with Crippen molar-refractivity contribution in [2.24, 2.45) is 0 Å². The number of nitrogens with one attached hydrogen (secondary N) is 2. The Hall–Kier alpha value is -1.40. The standard InChI is InChI=1S/C13H13ClN2O2S/c14-15-16-19(17,18)13-9-5-4-8-12(13)10-11-6-2-1-3-7-11/h1-10,13,15-16H/b12-10+. The van der Waals surface area contributed by atoms with Crippen LogP contribution in [0.25, 0.3) is 6.08 Å². The van der Waals surface area contributed by atoms with Crippen molar-refractivity contribution >= 4 is 27.9 Å². The minimum Gasteiger partial charge on any atom is -0.210 e. The molecule has 0 fully saturated rings. The van der Waals surface area contributed by atoms with Gasteiger partial charge in [-0.1, -0.05) is 60.7 Å². The molecule has 1 unspecified atom stereocenters. The number of hydrazine groups is 1. The van der Waals surface area contributed by atoms with Crippen molar-refractivity contribution < 1.29 is 8.42 Å². The monoisotopic (exact) mass is 296 g/mol. The molecule has 2 N–H and O–H groups in total. The van der Waals surface area contributed by atoms with Crippen LogP contribution in [-0.2, 0) is 10.0 Å². The first-order valence-corrected chi connectivity index (χ1v) is 7.54. The lowest BCUT2D eigenvalue weighted by Crippen LogP contribution is -2.39. The molecule has 19 heavy (non-hydrogen) atoms. The lowest BCUT2D eigenvalue weighted by atomic mass is 10.0. The van der Waals surface area contributed by atoms with E-state index in [-0.39, 0.29) is 0 Å².